The first-order chi connectivity index (χ1) is 12.4. The van der Waals surface area contributed by atoms with Gasteiger partial charge in [0.05, 0.1) is 13.7 Å². The van der Waals surface area contributed by atoms with Gasteiger partial charge in [-0.3, -0.25) is 9.59 Å². The van der Waals surface area contributed by atoms with Gasteiger partial charge in [0.2, 0.25) is 11.8 Å². The van der Waals surface area contributed by atoms with Crippen molar-refractivity contribution in [2.24, 2.45) is 0 Å². The summed E-state index contributed by atoms with van der Waals surface area (Å²) in [5.74, 6) is 0.483. The first-order valence-electron chi connectivity index (χ1n) is 8.64. The highest BCUT2D eigenvalue weighted by Gasteiger charge is 2.14. The van der Waals surface area contributed by atoms with Gasteiger partial charge >= 0.3 is 0 Å². The third-order valence-corrected chi connectivity index (χ3v) is 4.40. The van der Waals surface area contributed by atoms with Crippen molar-refractivity contribution in [1.82, 2.24) is 4.90 Å². The van der Waals surface area contributed by atoms with Crippen molar-refractivity contribution in [2.75, 3.05) is 25.5 Å². The van der Waals surface area contributed by atoms with E-state index in [1.807, 2.05) is 56.3 Å². The molecule has 0 radical (unpaired) electrons. The molecule has 26 heavy (non-hydrogen) atoms. The Morgan fingerprint density at radius 1 is 1.04 bits per heavy atom. The van der Waals surface area contributed by atoms with Gasteiger partial charge in [-0.2, -0.15) is 0 Å². The van der Waals surface area contributed by atoms with Crippen molar-refractivity contribution in [3.8, 4) is 5.75 Å². The Balaban J connectivity index is 1.92. The summed E-state index contributed by atoms with van der Waals surface area (Å²) in [6, 6.07) is 13.5. The number of hydrogen-bond donors (Lipinski definition) is 1. The van der Waals surface area contributed by atoms with E-state index in [-0.39, 0.29) is 18.4 Å². The minimum absolute atomic E-state index is 0.0401. The topological polar surface area (TPSA) is 58.6 Å². The number of carbonyl (C=O) groups excluding carboxylic acids is 2. The molecule has 0 aliphatic heterocycles. The lowest BCUT2D eigenvalue weighted by Crippen LogP contribution is -2.38. The third kappa shape index (κ3) is 5.62. The molecule has 0 bridgehead atoms. The largest absolute Gasteiger partial charge is 0.497 e. The second-order valence-electron chi connectivity index (χ2n) is 6.39. The number of nitrogens with one attached hydrogen (secondary N) is 1. The number of rotatable bonds is 7. The van der Waals surface area contributed by atoms with Gasteiger partial charge in [0, 0.05) is 19.2 Å². The van der Waals surface area contributed by atoms with Crippen molar-refractivity contribution in [3.05, 3.63) is 59.2 Å². The molecule has 0 spiro atoms. The van der Waals surface area contributed by atoms with Crippen molar-refractivity contribution < 1.29 is 14.3 Å². The predicted molar refractivity (Wildman–Crippen MR) is 103 cm³/mol. The molecule has 0 aliphatic carbocycles. The maximum absolute atomic E-state index is 12.3. The number of methoxy groups -OCH3 is 1. The Kier molecular flexibility index (Phi) is 6.78. The number of anilines is 1. The van der Waals surface area contributed by atoms with Gasteiger partial charge in [-0.1, -0.05) is 18.2 Å². The lowest BCUT2D eigenvalue weighted by atomic mass is 10.1. The Hall–Kier alpha value is -2.82. The first-order valence-corrected chi connectivity index (χ1v) is 8.64. The fourth-order valence-corrected chi connectivity index (χ4v) is 2.60. The molecule has 0 atom stereocenters. The highest BCUT2D eigenvalue weighted by molar-refractivity contribution is 5.94. The van der Waals surface area contributed by atoms with Crippen molar-refractivity contribution in [2.45, 2.75) is 27.2 Å². The van der Waals surface area contributed by atoms with Gasteiger partial charge in [-0.05, 0) is 61.2 Å². The second-order valence-corrected chi connectivity index (χ2v) is 6.39. The SMILES string of the molecule is COc1ccc(CCN(CC(=O)Nc2ccc(C)c(C)c2)C(C)=O)cc1. The monoisotopic (exact) mass is 354 g/mol. The molecule has 0 saturated carbocycles. The normalized spacial score (nSPS) is 10.3. The van der Waals surface area contributed by atoms with E-state index < -0.39 is 0 Å². The Labute approximate surface area is 155 Å². The number of nitrogens with zero attached hydrogens (tertiary/aromatic N) is 1. The van der Waals surface area contributed by atoms with Gasteiger partial charge in [-0.25, -0.2) is 0 Å². The van der Waals surface area contributed by atoms with E-state index in [0.717, 1.165) is 22.6 Å². The molecule has 2 rings (SSSR count). The van der Waals surface area contributed by atoms with Crippen LogP contribution in [0.15, 0.2) is 42.5 Å². The fraction of sp³-hybridized carbons (Fsp3) is 0.333. The standard InChI is InChI=1S/C21H26N2O3/c1-15-5-8-19(13-16(15)2)22-21(25)14-23(17(3)24)12-11-18-6-9-20(26-4)10-7-18/h5-10,13H,11-12,14H2,1-4H3,(H,22,25). The lowest BCUT2D eigenvalue weighted by molar-refractivity contribution is -0.132. The quantitative estimate of drug-likeness (QED) is 0.830. The van der Waals surface area contributed by atoms with E-state index in [4.69, 9.17) is 4.74 Å². The smallest absolute Gasteiger partial charge is 0.243 e. The number of ether oxygens (including phenoxy) is 1. The lowest BCUT2D eigenvalue weighted by Gasteiger charge is -2.20. The van der Waals surface area contributed by atoms with Crippen LogP contribution in [0.4, 0.5) is 5.69 Å². The molecule has 2 aromatic carbocycles. The molecule has 0 aromatic heterocycles. The zero-order valence-electron chi connectivity index (χ0n) is 15.8. The van der Waals surface area contributed by atoms with Gasteiger partial charge in [0.15, 0.2) is 0 Å². The van der Waals surface area contributed by atoms with Gasteiger partial charge < -0.3 is 15.0 Å². The highest BCUT2D eigenvalue weighted by atomic mass is 16.5. The Morgan fingerprint density at radius 2 is 1.73 bits per heavy atom. The predicted octanol–water partition coefficient (Wildman–Crippen LogP) is 3.34. The number of aryl methyl sites for hydroxylation is 2. The third-order valence-electron chi connectivity index (χ3n) is 4.40. The summed E-state index contributed by atoms with van der Waals surface area (Å²) in [7, 11) is 1.63. The average Bonchev–Trinajstić information content (AvgIpc) is 2.62. The zero-order valence-corrected chi connectivity index (χ0v) is 15.8. The van der Waals surface area contributed by atoms with Crippen molar-refractivity contribution >= 4 is 17.5 Å². The average molecular weight is 354 g/mol. The van der Waals surface area contributed by atoms with E-state index in [2.05, 4.69) is 5.32 Å². The Morgan fingerprint density at radius 3 is 2.31 bits per heavy atom. The molecule has 2 aromatic rings. The van der Waals surface area contributed by atoms with E-state index in [9.17, 15) is 9.59 Å². The van der Waals surface area contributed by atoms with E-state index in [1.165, 1.54) is 12.5 Å². The van der Waals surface area contributed by atoms with Crippen LogP contribution in [-0.2, 0) is 16.0 Å². The van der Waals surface area contributed by atoms with Gasteiger partial charge in [-0.15, -0.1) is 0 Å². The zero-order chi connectivity index (χ0) is 19.1. The molecule has 5 nitrogen and oxygen atoms in total. The molecule has 2 amide bonds. The van der Waals surface area contributed by atoms with E-state index in [1.54, 1.807) is 12.0 Å². The summed E-state index contributed by atoms with van der Waals surface area (Å²) in [5, 5.41) is 2.86. The molecule has 0 heterocycles. The van der Waals surface area contributed by atoms with Crippen LogP contribution in [-0.4, -0.2) is 36.9 Å². The maximum Gasteiger partial charge on any atom is 0.243 e. The molecule has 0 fully saturated rings. The van der Waals surface area contributed by atoms with Gasteiger partial charge in [0.25, 0.3) is 0 Å². The van der Waals surface area contributed by atoms with E-state index in [0.29, 0.717) is 13.0 Å². The van der Waals surface area contributed by atoms with Gasteiger partial charge in [0.1, 0.15) is 5.75 Å². The molecule has 0 aliphatic rings. The van der Waals surface area contributed by atoms with Crippen LogP contribution in [0.3, 0.4) is 0 Å². The van der Waals surface area contributed by atoms with Crippen LogP contribution in [0.1, 0.15) is 23.6 Å². The summed E-state index contributed by atoms with van der Waals surface area (Å²) in [6.07, 6.45) is 0.681. The fourth-order valence-electron chi connectivity index (χ4n) is 2.60. The number of benzene rings is 2. The summed E-state index contributed by atoms with van der Waals surface area (Å²) < 4.78 is 5.14. The first kappa shape index (κ1) is 19.5. The summed E-state index contributed by atoms with van der Waals surface area (Å²) in [4.78, 5) is 25.7. The molecule has 0 unspecified atom stereocenters. The second kappa shape index (κ2) is 9.04. The van der Waals surface area contributed by atoms with Crippen LogP contribution in [0, 0.1) is 13.8 Å². The van der Waals surface area contributed by atoms with E-state index >= 15 is 0 Å². The summed E-state index contributed by atoms with van der Waals surface area (Å²) >= 11 is 0. The minimum atomic E-state index is -0.196. The minimum Gasteiger partial charge on any atom is -0.497 e. The molecular weight excluding hydrogens is 328 g/mol. The summed E-state index contributed by atoms with van der Waals surface area (Å²) in [6.45, 7) is 6.04. The maximum atomic E-state index is 12.3. The molecule has 5 heteroatoms. The summed E-state index contributed by atoms with van der Waals surface area (Å²) in [5.41, 5.74) is 4.13. The van der Waals surface area contributed by atoms with Crippen LogP contribution >= 0.6 is 0 Å². The highest BCUT2D eigenvalue weighted by Crippen LogP contribution is 2.14. The van der Waals surface area contributed by atoms with Crippen LogP contribution < -0.4 is 10.1 Å². The molecule has 1 N–H and O–H groups in total. The van der Waals surface area contributed by atoms with Crippen molar-refractivity contribution in [3.63, 3.8) is 0 Å². The molecular formula is C21H26N2O3. The van der Waals surface area contributed by atoms with Crippen LogP contribution in [0.5, 0.6) is 5.75 Å². The molecule has 138 valence electrons. The number of carbonyl (C=O) groups is 2. The number of amides is 2. The Bertz CT molecular complexity index is 769. The van der Waals surface area contributed by atoms with Crippen LogP contribution in [0.25, 0.3) is 0 Å². The number of hydrogen-bond acceptors (Lipinski definition) is 3. The molecule has 0 saturated heterocycles. The van der Waals surface area contributed by atoms with Crippen molar-refractivity contribution in [1.29, 1.82) is 0 Å². The van der Waals surface area contributed by atoms with Crippen LogP contribution in [0.2, 0.25) is 0 Å².